The molecule has 0 saturated carbocycles. The van der Waals surface area contributed by atoms with Crippen molar-refractivity contribution < 1.29 is 27.4 Å². The number of aliphatic hydroxyl groups excluding tert-OH is 1. The molecule has 18 heavy (non-hydrogen) atoms. The third kappa shape index (κ3) is 3.88. The molecule has 8 heteroatoms. The van der Waals surface area contributed by atoms with Crippen LogP contribution >= 0.6 is 0 Å². The second-order valence-electron chi connectivity index (χ2n) is 3.61. The Labute approximate surface area is 101 Å². The lowest BCUT2D eigenvalue weighted by atomic mass is 10.2. The minimum Gasteiger partial charge on any atom is -0.392 e. The molecule has 1 aromatic rings. The van der Waals surface area contributed by atoms with E-state index >= 15 is 0 Å². The number of alkyl halides is 4. The predicted molar refractivity (Wildman–Crippen MR) is 53.3 cm³/mol. The molecule has 0 fully saturated rings. The van der Waals surface area contributed by atoms with Crippen molar-refractivity contribution >= 4 is 0 Å². The fraction of sp³-hybridized carbons (Fsp3) is 0.600. The highest BCUT2D eigenvalue weighted by molar-refractivity contribution is 5.14. The largest absolute Gasteiger partial charge is 0.392 e. The van der Waals surface area contributed by atoms with Crippen LogP contribution in [0.2, 0.25) is 0 Å². The summed E-state index contributed by atoms with van der Waals surface area (Å²) in [4.78, 5) is 7.63. The zero-order chi connectivity index (χ0) is 13.8. The number of hydrogen-bond acceptors (Lipinski definition) is 4. The number of aliphatic hydroxyl groups is 1. The number of halogens is 4. The zero-order valence-electron chi connectivity index (χ0n) is 9.54. The third-order valence-corrected chi connectivity index (χ3v) is 2.15. The van der Waals surface area contributed by atoms with Crippen molar-refractivity contribution in [2.45, 2.75) is 32.5 Å². The summed E-state index contributed by atoms with van der Waals surface area (Å²) < 4.78 is 53.1. The lowest BCUT2D eigenvalue weighted by Gasteiger charge is -2.14. The average molecular weight is 268 g/mol. The van der Waals surface area contributed by atoms with Crippen LogP contribution < -0.4 is 0 Å². The van der Waals surface area contributed by atoms with Crippen molar-refractivity contribution in [2.75, 3.05) is 6.61 Å². The maximum atomic E-state index is 12.5. The standard InChI is InChI=1S/C10H12F4N2O2/c1-6-7(3-17)2-15-8(16-6)4-18-5-10(13,14)9(11)12/h2,9,17H,3-5H2,1H3. The zero-order valence-corrected chi connectivity index (χ0v) is 9.54. The average Bonchev–Trinajstić information content (AvgIpc) is 2.29. The molecule has 0 atom stereocenters. The number of hydrogen-bond donors (Lipinski definition) is 1. The van der Waals surface area contributed by atoms with Crippen LogP contribution in [-0.4, -0.2) is 34.0 Å². The molecule has 1 aromatic heterocycles. The second kappa shape index (κ2) is 6.05. The Morgan fingerprint density at radius 1 is 1.44 bits per heavy atom. The summed E-state index contributed by atoms with van der Waals surface area (Å²) in [7, 11) is 0. The van der Waals surface area contributed by atoms with Crippen LogP contribution in [0.15, 0.2) is 6.20 Å². The van der Waals surface area contributed by atoms with Gasteiger partial charge in [0, 0.05) is 17.5 Å². The first kappa shape index (κ1) is 14.8. The molecule has 1 rings (SSSR count). The summed E-state index contributed by atoms with van der Waals surface area (Å²) in [6.07, 6.45) is -2.44. The van der Waals surface area contributed by atoms with Crippen LogP contribution in [0, 0.1) is 6.92 Å². The summed E-state index contributed by atoms with van der Waals surface area (Å²) in [6, 6.07) is 0. The minimum absolute atomic E-state index is 0.0924. The molecule has 4 nitrogen and oxygen atoms in total. The molecule has 0 saturated heterocycles. The number of rotatable bonds is 6. The van der Waals surface area contributed by atoms with Gasteiger partial charge < -0.3 is 9.84 Å². The van der Waals surface area contributed by atoms with Crippen LogP contribution in [0.1, 0.15) is 17.1 Å². The molecule has 1 heterocycles. The SMILES string of the molecule is Cc1nc(COCC(F)(F)C(F)F)ncc1CO. The summed E-state index contributed by atoms with van der Waals surface area (Å²) in [5.74, 6) is -4.09. The van der Waals surface area contributed by atoms with Crippen LogP contribution in [0.4, 0.5) is 17.6 Å². The summed E-state index contributed by atoms with van der Waals surface area (Å²) in [5, 5.41) is 8.86. The normalized spacial score (nSPS) is 12.2. The topological polar surface area (TPSA) is 55.2 Å². The maximum absolute atomic E-state index is 12.5. The lowest BCUT2D eigenvalue weighted by molar-refractivity contribution is -0.168. The van der Waals surface area contributed by atoms with Crippen molar-refractivity contribution in [2.24, 2.45) is 0 Å². The van der Waals surface area contributed by atoms with E-state index in [4.69, 9.17) is 5.11 Å². The summed E-state index contributed by atoms with van der Waals surface area (Å²) in [5.41, 5.74) is 0.975. The van der Waals surface area contributed by atoms with Gasteiger partial charge >= 0.3 is 12.3 Å². The smallest absolute Gasteiger partial charge is 0.330 e. The van der Waals surface area contributed by atoms with Gasteiger partial charge in [-0.1, -0.05) is 0 Å². The molecule has 0 aromatic carbocycles. The van der Waals surface area contributed by atoms with Crippen molar-refractivity contribution in [1.82, 2.24) is 9.97 Å². The molecule has 0 radical (unpaired) electrons. The monoisotopic (exact) mass is 268 g/mol. The van der Waals surface area contributed by atoms with Crippen molar-refractivity contribution in [3.05, 3.63) is 23.3 Å². The Balaban J connectivity index is 2.52. The Morgan fingerprint density at radius 2 is 2.11 bits per heavy atom. The number of aryl methyl sites for hydroxylation is 1. The quantitative estimate of drug-likeness (QED) is 0.798. The molecule has 0 unspecified atom stereocenters. The van der Waals surface area contributed by atoms with Gasteiger partial charge in [0.1, 0.15) is 13.2 Å². The molecular weight excluding hydrogens is 256 g/mol. The van der Waals surface area contributed by atoms with E-state index in [-0.39, 0.29) is 12.4 Å². The van der Waals surface area contributed by atoms with Crippen LogP contribution in [-0.2, 0) is 18.0 Å². The van der Waals surface area contributed by atoms with E-state index in [1.54, 1.807) is 6.92 Å². The second-order valence-corrected chi connectivity index (χ2v) is 3.61. The van der Waals surface area contributed by atoms with Crippen LogP contribution in [0.25, 0.3) is 0 Å². The van der Waals surface area contributed by atoms with Gasteiger partial charge in [0.2, 0.25) is 0 Å². The highest BCUT2D eigenvalue weighted by atomic mass is 19.3. The number of nitrogens with zero attached hydrogens (tertiary/aromatic N) is 2. The van der Waals surface area contributed by atoms with E-state index in [2.05, 4.69) is 14.7 Å². The Kier molecular flexibility index (Phi) is 4.97. The third-order valence-electron chi connectivity index (χ3n) is 2.15. The Hall–Kier alpha value is -1.28. The van der Waals surface area contributed by atoms with Gasteiger partial charge in [-0.3, -0.25) is 0 Å². The van der Waals surface area contributed by atoms with Crippen molar-refractivity contribution in [3.63, 3.8) is 0 Å². The van der Waals surface area contributed by atoms with E-state index in [0.717, 1.165) is 0 Å². The molecule has 0 aliphatic carbocycles. The number of aromatic nitrogens is 2. The van der Waals surface area contributed by atoms with E-state index in [1.807, 2.05) is 0 Å². The Morgan fingerprint density at radius 3 is 2.61 bits per heavy atom. The van der Waals surface area contributed by atoms with E-state index in [1.165, 1.54) is 6.20 Å². The lowest BCUT2D eigenvalue weighted by Crippen LogP contribution is -2.32. The maximum Gasteiger partial charge on any atom is 0.330 e. The van der Waals surface area contributed by atoms with Crippen LogP contribution in [0.5, 0.6) is 0 Å². The van der Waals surface area contributed by atoms with E-state index < -0.39 is 25.6 Å². The molecule has 0 aliphatic heterocycles. The highest BCUT2D eigenvalue weighted by Crippen LogP contribution is 2.23. The number of ether oxygens (including phenoxy) is 1. The van der Waals surface area contributed by atoms with E-state index in [0.29, 0.717) is 11.3 Å². The molecule has 1 N–H and O–H groups in total. The first-order valence-electron chi connectivity index (χ1n) is 5.03. The van der Waals surface area contributed by atoms with Gasteiger partial charge in [0.15, 0.2) is 5.82 Å². The first-order valence-corrected chi connectivity index (χ1v) is 5.03. The highest BCUT2D eigenvalue weighted by Gasteiger charge is 2.40. The molecular formula is C10H12F4N2O2. The molecule has 0 spiro atoms. The Bertz CT molecular complexity index is 401. The fourth-order valence-electron chi connectivity index (χ4n) is 1.11. The van der Waals surface area contributed by atoms with Gasteiger partial charge in [0.05, 0.1) is 6.61 Å². The summed E-state index contributed by atoms with van der Waals surface area (Å²) in [6.45, 7) is -0.426. The summed E-state index contributed by atoms with van der Waals surface area (Å²) >= 11 is 0. The van der Waals surface area contributed by atoms with Crippen molar-refractivity contribution in [1.29, 1.82) is 0 Å². The van der Waals surface area contributed by atoms with E-state index in [9.17, 15) is 17.6 Å². The molecule has 0 aliphatic rings. The van der Waals surface area contributed by atoms with Gasteiger partial charge in [-0.25, -0.2) is 18.7 Å². The van der Waals surface area contributed by atoms with Gasteiger partial charge in [-0.15, -0.1) is 0 Å². The fourth-order valence-corrected chi connectivity index (χ4v) is 1.11. The molecule has 0 bridgehead atoms. The predicted octanol–water partition coefficient (Wildman–Crippen LogP) is 1.69. The van der Waals surface area contributed by atoms with Crippen LogP contribution in [0.3, 0.4) is 0 Å². The minimum atomic E-state index is -4.18. The van der Waals surface area contributed by atoms with Gasteiger partial charge in [0.25, 0.3) is 0 Å². The van der Waals surface area contributed by atoms with Gasteiger partial charge in [-0.2, -0.15) is 8.78 Å². The molecule has 0 amide bonds. The van der Waals surface area contributed by atoms with Crippen molar-refractivity contribution in [3.8, 4) is 0 Å². The first-order chi connectivity index (χ1) is 8.36. The molecule has 102 valence electrons. The van der Waals surface area contributed by atoms with Gasteiger partial charge in [-0.05, 0) is 6.92 Å².